The number of ether oxygens (including phenoxy) is 1. The second-order valence-corrected chi connectivity index (χ2v) is 8.88. The van der Waals surface area contributed by atoms with Crippen LogP contribution in [-0.4, -0.2) is 65.8 Å². The van der Waals surface area contributed by atoms with Gasteiger partial charge >= 0.3 is 0 Å². The van der Waals surface area contributed by atoms with E-state index >= 15 is 0 Å². The van der Waals surface area contributed by atoms with Gasteiger partial charge in [0.25, 0.3) is 5.91 Å². The highest BCUT2D eigenvalue weighted by Crippen LogP contribution is 2.36. The van der Waals surface area contributed by atoms with Crippen LogP contribution in [0.15, 0.2) is 41.4 Å². The van der Waals surface area contributed by atoms with Gasteiger partial charge in [0.2, 0.25) is 15.9 Å². The molecule has 2 aliphatic heterocycles. The number of likely N-dealkylation sites (tertiary alicyclic amines) is 1. The molecule has 0 unspecified atom stereocenters. The largest absolute Gasteiger partial charge is 0.464 e. The van der Waals surface area contributed by atoms with E-state index in [2.05, 4.69) is 9.97 Å². The number of carbonyl (C=O) groups is 1. The summed E-state index contributed by atoms with van der Waals surface area (Å²) in [5, 5.41) is 0. The van der Waals surface area contributed by atoms with Crippen LogP contribution >= 0.6 is 0 Å². The topological polar surface area (TPSA) is 92.7 Å². The van der Waals surface area contributed by atoms with Crippen molar-refractivity contribution in [3.05, 3.63) is 48.2 Å². The van der Waals surface area contributed by atoms with E-state index in [4.69, 9.17) is 4.74 Å². The monoisotopic (exact) mass is 406 g/mol. The van der Waals surface area contributed by atoms with Crippen LogP contribution in [0.1, 0.15) is 5.82 Å². The lowest BCUT2D eigenvalue weighted by atomic mass is 10.0. The van der Waals surface area contributed by atoms with Gasteiger partial charge in [-0.15, -0.1) is 0 Å². The predicted molar refractivity (Wildman–Crippen MR) is 96.4 cm³/mol. The van der Waals surface area contributed by atoms with E-state index in [0.29, 0.717) is 5.82 Å². The Morgan fingerprint density at radius 1 is 1.25 bits per heavy atom. The molecule has 0 saturated carbocycles. The molecule has 1 aromatic carbocycles. The number of carbonyl (C=O) groups excluding carboxylic acids is 1. The van der Waals surface area contributed by atoms with Gasteiger partial charge in [-0.05, 0) is 25.1 Å². The number of aromatic nitrogens is 2. The van der Waals surface area contributed by atoms with Gasteiger partial charge in [-0.2, -0.15) is 9.29 Å². The minimum atomic E-state index is -3.87. The van der Waals surface area contributed by atoms with E-state index < -0.39 is 21.9 Å². The van der Waals surface area contributed by atoms with Crippen LogP contribution in [0, 0.1) is 18.7 Å². The third kappa shape index (κ3) is 3.12. The van der Waals surface area contributed by atoms with E-state index in [1.807, 2.05) is 0 Å². The lowest BCUT2D eigenvalue weighted by Gasteiger charge is -2.22. The van der Waals surface area contributed by atoms with Crippen LogP contribution in [0.5, 0.6) is 5.88 Å². The van der Waals surface area contributed by atoms with Crippen LogP contribution in [-0.2, 0) is 14.8 Å². The van der Waals surface area contributed by atoms with E-state index in [1.165, 1.54) is 33.6 Å². The highest BCUT2D eigenvalue weighted by Gasteiger charge is 2.55. The Bertz CT molecular complexity index is 1030. The van der Waals surface area contributed by atoms with Gasteiger partial charge in [0.05, 0.1) is 10.9 Å². The van der Waals surface area contributed by atoms with Gasteiger partial charge in [-0.25, -0.2) is 17.8 Å². The Balaban J connectivity index is 1.59. The number of hydrogen-bond acceptors (Lipinski definition) is 6. The Labute approximate surface area is 162 Å². The summed E-state index contributed by atoms with van der Waals surface area (Å²) >= 11 is 0. The average Bonchev–Trinajstić information content (AvgIpc) is 3.18. The lowest BCUT2D eigenvalue weighted by Crippen LogP contribution is -2.40. The molecule has 148 valence electrons. The van der Waals surface area contributed by atoms with Crippen molar-refractivity contribution >= 4 is 15.9 Å². The van der Waals surface area contributed by atoms with Crippen molar-refractivity contribution in [1.29, 1.82) is 0 Å². The number of sulfonamides is 1. The normalized spacial score (nSPS) is 25.2. The number of hydrogen-bond donors (Lipinski definition) is 0. The van der Waals surface area contributed by atoms with Gasteiger partial charge in [0.15, 0.2) is 6.10 Å². The number of rotatable bonds is 4. The molecule has 2 aliphatic rings. The molecular weight excluding hydrogens is 387 g/mol. The average molecular weight is 406 g/mol. The summed E-state index contributed by atoms with van der Waals surface area (Å²) in [7, 11) is -2.24. The van der Waals surface area contributed by atoms with Crippen LogP contribution in [0.25, 0.3) is 0 Å². The zero-order valence-electron chi connectivity index (χ0n) is 15.3. The summed E-state index contributed by atoms with van der Waals surface area (Å²) in [6.07, 6.45) is 0.699. The van der Waals surface area contributed by atoms with Gasteiger partial charge in [-0.3, -0.25) is 4.79 Å². The SMILES string of the molecule is Cc1nccc(O[C@@H]2C(=O)N(C)[C@@H]3CN(S(=O)(=O)c4cccc(F)c4)C[C@H]23)n1. The molecule has 4 rings (SSSR count). The first-order valence-electron chi connectivity index (χ1n) is 8.76. The molecule has 8 nitrogen and oxygen atoms in total. The standard InChI is InChI=1S/C18H19FN4O4S/c1-11-20-7-6-16(21-11)27-17-14-9-23(10-15(14)22(2)18(17)24)28(25,26)13-5-3-4-12(19)8-13/h3-8,14-15,17H,9-10H2,1-2H3/t14-,15+,17-/m0/s1. The molecule has 28 heavy (non-hydrogen) atoms. The number of likely N-dealkylation sites (N-methyl/N-ethyl adjacent to an activating group) is 1. The van der Waals surface area contributed by atoms with Crippen molar-refractivity contribution in [2.24, 2.45) is 5.92 Å². The smallest absolute Gasteiger partial charge is 0.264 e. The molecule has 10 heteroatoms. The maximum absolute atomic E-state index is 13.5. The van der Waals surface area contributed by atoms with Crippen LogP contribution in [0.4, 0.5) is 4.39 Å². The van der Waals surface area contributed by atoms with E-state index in [1.54, 1.807) is 20.0 Å². The second-order valence-electron chi connectivity index (χ2n) is 6.94. The Kier molecular flexibility index (Phi) is 4.54. The highest BCUT2D eigenvalue weighted by molar-refractivity contribution is 7.89. The molecule has 1 amide bonds. The van der Waals surface area contributed by atoms with Crippen molar-refractivity contribution in [3.8, 4) is 5.88 Å². The number of aryl methyl sites for hydroxylation is 1. The van der Waals surface area contributed by atoms with Gasteiger partial charge in [-0.1, -0.05) is 6.07 Å². The second kappa shape index (κ2) is 6.78. The molecule has 0 bridgehead atoms. The lowest BCUT2D eigenvalue weighted by molar-refractivity contribution is -0.133. The molecule has 2 aromatic rings. The highest BCUT2D eigenvalue weighted by atomic mass is 32.2. The first-order chi connectivity index (χ1) is 13.3. The molecule has 2 fully saturated rings. The first kappa shape index (κ1) is 18.8. The van der Waals surface area contributed by atoms with Crippen molar-refractivity contribution in [3.63, 3.8) is 0 Å². The predicted octanol–water partition coefficient (Wildman–Crippen LogP) is 0.833. The molecule has 2 saturated heterocycles. The maximum atomic E-state index is 13.5. The zero-order chi connectivity index (χ0) is 20.1. The molecule has 0 aliphatic carbocycles. The first-order valence-corrected chi connectivity index (χ1v) is 10.2. The fourth-order valence-corrected chi connectivity index (χ4v) is 5.30. The van der Waals surface area contributed by atoms with Crippen LogP contribution in [0.3, 0.4) is 0 Å². The summed E-state index contributed by atoms with van der Waals surface area (Å²) < 4.78 is 46.4. The summed E-state index contributed by atoms with van der Waals surface area (Å²) in [5.41, 5.74) is 0. The summed E-state index contributed by atoms with van der Waals surface area (Å²) in [4.78, 5) is 22.2. The molecule has 0 radical (unpaired) electrons. The van der Waals surface area contributed by atoms with Crippen LogP contribution < -0.4 is 4.74 Å². The fraction of sp³-hybridized carbons (Fsp3) is 0.389. The summed E-state index contributed by atoms with van der Waals surface area (Å²) in [6, 6.07) is 6.15. The fourth-order valence-electron chi connectivity index (χ4n) is 3.77. The van der Waals surface area contributed by atoms with Crippen molar-refractivity contribution in [2.75, 3.05) is 20.1 Å². The molecule has 3 atom stereocenters. The quantitative estimate of drug-likeness (QED) is 0.747. The molecule has 3 heterocycles. The third-order valence-corrected chi connectivity index (χ3v) is 7.04. The number of nitrogens with zero attached hydrogens (tertiary/aromatic N) is 4. The Hall–Kier alpha value is -2.59. The molecule has 0 N–H and O–H groups in total. The van der Waals surface area contributed by atoms with E-state index in [-0.39, 0.29) is 41.7 Å². The van der Waals surface area contributed by atoms with Gasteiger partial charge < -0.3 is 9.64 Å². The Morgan fingerprint density at radius 3 is 2.75 bits per heavy atom. The maximum Gasteiger partial charge on any atom is 0.264 e. The zero-order valence-corrected chi connectivity index (χ0v) is 16.1. The van der Waals surface area contributed by atoms with E-state index in [9.17, 15) is 17.6 Å². The number of amides is 1. The molecule has 1 aromatic heterocycles. The number of halogens is 1. The number of fused-ring (bicyclic) bond motifs is 1. The van der Waals surface area contributed by atoms with Gasteiger partial charge in [0, 0.05) is 38.3 Å². The Morgan fingerprint density at radius 2 is 2.04 bits per heavy atom. The van der Waals surface area contributed by atoms with Gasteiger partial charge in [0.1, 0.15) is 11.6 Å². The minimum Gasteiger partial charge on any atom is -0.464 e. The van der Waals surface area contributed by atoms with Crippen molar-refractivity contribution in [1.82, 2.24) is 19.2 Å². The van der Waals surface area contributed by atoms with E-state index in [0.717, 1.165) is 6.07 Å². The molecule has 0 spiro atoms. The molecular formula is C18H19FN4O4S. The van der Waals surface area contributed by atoms with Crippen molar-refractivity contribution in [2.45, 2.75) is 24.0 Å². The summed E-state index contributed by atoms with van der Waals surface area (Å²) in [6.45, 7) is 1.95. The minimum absolute atomic E-state index is 0.105. The van der Waals surface area contributed by atoms with Crippen LogP contribution in [0.2, 0.25) is 0 Å². The number of benzene rings is 1. The third-order valence-electron chi connectivity index (χ3n) is 5.21. The summed E-state index contributed by atoms with van der Waals surface area (Å²) in [5.74, 6) is -0.404. The van der Waals surface area contributed by atoms with Crippen molar-refractivity contribution < 1.29 is 22.3 Å².